The zero-order valence-corrected chi connectivity index (χ0v) is 15.3. The van der Waals surface area contributed by atoms with Gasteiger partial charge in [0.2, 0.25) is 5.91 Å². The molecule has 2 N–H and O–H groups in total. The van der Waals surface area contributed by atoms with Gasteiger partial charge in [0.25, 0.3) is 5.91 Å². The molecule has 0 spiro atoms. The number of amides is 2. The van der Waals surface area contributed by atoms with Crippen molar-refractivity contribution in [1.29, 1.82) is 0 Å². The van der Waals surface area contributed by atoms with Crippen LogP contribution in [-0.4, -0.2) is 53.9 Å². The third kappa shape index (κ3) is 5.13. The summed E-state index contributed by atoms with van der Waals surface area (Å²) in [6.45, 7) is 2.59. The molecule has 0 saturated carbocycles. The third-order valence-electron chi connectivity index (χ3n) is 4.29. The van der Waals surface area contributed by atoms with E-state index in [-0.39, 0.29) is 30.3 Å². The summed E-state index contributed by atoms with van der Waals surface area (Å²) in [6, 6.07) is 7.55. The largest absolute Gasteiger partial charge is 0.337 e. The summed E-state index contributed by atoms with van der Waals surface area (Å²) in [5.41, 5.74) is 1.35. The van der Waals surface area contributed by atoms with E-state index in [9.17, 15) is 9.59 Å². The van der Waals surface area contributed by atoms with Crippen LogP contribution in [0, 0.1) is 0 Å². The molecule has 24 heavy (non-hydrogen) atoms. The highest BCUT2D eigenvalue weighted by atomic mass is 35.5. The van der Waals surface area contributed by atoms with Gasteiger partial charge in [0, 0.05) is 48.3 Å². The Bertz CT molecular complexity index is 573. The quantitative estimate of drug-likeness (QED) is 0.855. The monoisotopic (exact) mass is 369 g/mol. The highest BCUT2D eigenvalue weighted by Crippen LogP contribution is 2.17. The summed E-state index contributed by atoms with van der Waals surface area (Å²) in [4.78, 5) is 26.5. The molecule has 2 saturated heterocycles. The lowest BCUT2D eigenvalue weighted by Crippen LogP contribution is -2.37. The van der Waals surface area contributed by atoms with Crippen LogP contribution in [-0.2, 0) is 4.79 Å². The van der Waals surface area contributed by atoms with E-state index in [0.717, 1.165) is 44.0 Å². The molecule has 2 amide bonds. The SMILES string of the molecule is Cl.O=C(CC1CCCN1)Nc1cccc(C(=O)N2CCSCC2)c1. The number of anilines is 1. The van der Waals surface area contributed by atoms with Gasteiger partial charge in [0.1, 0.15) is 0 Å². The molecule has 3 rings (SSSR count). The minimum absolute atomic E-state index is 0. The summed E-state index contributed by atoms with van der Waals surface area (Å²) in [5.74, 6) is 2.05. The molecule has 1 aromatic carbocycles. The molecule has 132 valence electrons. The Morgan fingerprint density at radius 1 is 1.29 bits per heavy atom. The number of nitrogens with zero attached hydrogens (tertiary/aromatic N) is 1. The zero-order valence-electron chi connectivity index (χ0n) is 13.6. The van der Waals surface area contributed by atoms with Crippen LogP contribution >= 0.6 is 24.2 Å². The molecule has 1 aromatic rings. The summed E-state index contributed by atoms with van der Waals surface area (Å²) < 4.78 is 0. The number of benzene rings is 1. The van der Waals surface area contributed by atoms with Gasteiger partial charge >= 0.3 is 0 Å². The average molecular weight is 370 g/mol. The molecule has 1 atom stereocenters. The Balaban J connectivity index is 0.00000208. The molecular weight excluding hydrogens is 346 g/mol. The van der Waals surface area contributed by atoms with E-state index < -0.39 is 0 Å². The maximum Gasteiger partial charge on any atom is 0.253 e. The molecule has 0 radical (unpaired) electrons. The van der Waals surface area contributed by atoms with E-state index in [1.54, 1.807) is 6.07 Å². The molecule has 2 aliphatic rings. The number of hydrogen-bond donors (Lipinski definition) is 2. The average Bonchev–Trinajstić information content (AvgIpc) is 3.08. The maximum absolute atomic E-state index is 12.5. The van der Waals surface area contributed by atoms with Crippen molar-refractivity contribution >= 4 is 41.7 Å². The molecule has 2 heterocycles. The molecule has 1 unspecified atom stereocenters. The fourth-order valence-corrected chi connectivity index (χ4v) is 3.95. The number of carbonyl (C=O) groups is 2. The fourth-order valence-electron chi connectivity index (χ4n) is 3.05. The number of thioether (sulfide) groups is 1. The van der Waals surface area contributed by atoms with Crippen molar-refractivity contribution in [3.8, 4) is 0 Å². The van der Waals surface area contributed by atoms with E-state index in [1.807, 2.05) is 34.9 Å². The van der Waals surface area contributed by atoms with Crippen LogP contribution in [0.3, 0.4) is 0 Å². The van der Waals surface area contributed by atoms with Crippen LogP contribution in [0.15, 0.2) is 24.3 Å². The number of halogens is 1. The van der Waals surface area contributed by atoms with Crippen molar-refractivity contribution in [2.45, 2.75) is 25.3 Å². The second-order valence-corrected chi connectivity index (χ2v) is 7.26. The predicted molar refractivity (Wildman–Crippen MR) is 101 cm³/mol. The zero-order chi connectivity index (χ0) is 16.1. The number of rotatable bonds is 4. The van der Waals surface area contributed by atoms with E-state index in [4.69, 9.17) is 0 Å². The minimum Gasteiger partial charge on any atom is -0.337 e. The Hall–Kier alpha value is -1.24. The van der Waals surface area contributed by atoms with Crippen molar-refractivity contribution < 1.29 is 9.59 Å². The van der Waals surface area contributed by atoms with Crippen molar-refractivity contribution in [3.05, 3.63) is 29.8 Å². The van der Waals surface area contributed by atoms with Gasteiger partial charge < -0.3 is 15.5 Å². The van der Waals surface area contributed by atoms with Gasteiger partial charge in [-0.15, -0.1) is 12.4 Å². The first-order valence-corrected chi connectivity index (χ1v) is 9.38. The van der Waals surface area contributed by atoms with Gasteiger partial charge in [0.05, 0.1) is 0 Å². The van der Waals surface area contributed by atoms with E-state index in [1.165, 1.54) is 0 Å². The third-order valence-corrected chi connectivity index (χ3v) is 5.23. The molecular formula is C17H24ClN3O2S. The fraction of sp³-hybridized carbons (Fsp3) is 0.529. The van der Waals surface area contributed by atoms with Crippen LogP contribution < -0.4 is 10.6 Å². The normalized spacial score (nSPS) is 20.3. The topological polar surface area (TPSA) is 61.4 Å². The van der Waals surface area contributed by atoms with Gasteiger partial charge in [-0.1, -0.05) is 6.07 Å². The summed E-state index contributed by atoms with van der Waals surface area (Å²) >= 11 is 1.88. The maximum atomic E-state index is 12.5. The van der Waals surface area contributed by atoms with Crippen LogP contribution in [0.25, 0.3) is 0 Å². The Morgan fingerprint density at radius 2 is 2.08 bits per heavy atom. The smallest absolute Gasteiger partial charge is 0.253 e. The van der Waals surface area contributed by atoms with Crippen molar-refractivity contribution in [1.82, 2.24) is 10.2 Å². The molecule has 0 aliphatic carbocycles. The Kier molecular flexibility index (Phi) is 7.40. The lowest BCUT2D eigenvalue weighted by atomic mass is 10.1. The molecule has 2 aliphatic heterocycles. The van der Waals surface area contributed by atoms with Gasteiger partial charge in [0.15, 0.2) is 0 Å². The number of nitrogens with one attached hydrogen (secondary N) is 2. The van der Waals surface area contributed by atoms with Gasteiger partial charge in [-0.25, -0.2) is 0 Å². The number of carbonyl (C=O) groups excluding carboxylic acids is 2. The van der Waals surface area contributed by atoms with Gasteiger partial charge in [-0.2, -0.15) is 11.8 Å². The van der Waals surface area contributed by atoms with E-state index >= 15 is 0 Å². The molecule has 0 aromatic heterocycles. The van der Waals surface area contributed by atoms with Crippen molar-refractivity contribution in [2.75, 3.05) is 36.5 Å². The lowest BCUT2D eigenvalue weighted by molar-refractivity contribution is -0.116. The summed E-state index contributed by atoms with van der Waals surface area (Å²) in [5, 5.41) is 6.24. The minimum atomic E-state index is 0. The second-order valence-electron chi connectivity index (χ2n) is 6.03. The van der Waals surface area contributed by atoms with Crippen LogP contribution in [0.4, 0.5) is 5.69 Å². The van der Waals surface area contributed by atoms with Crippen LogP contribution in [0.1, 0.15) is 29.6 Å². The number of hydrogen-bond acceptors (Lipinski definition) is 4. The van der Waals surface area contributed by atoms with E-state index in [2.05, 4.69) is 10.6 Å². The van der Waals surface area contributed by atoms with Crippen molar-refractivity contribution in [2.24, 2.45) is 0 Å². The lowest BCUT2D eigenvalue weighted by Gasteiger charge is -2.26. The first-order chi connectivity index (χ1) is 11.2. The summed E-state index contributed by atoms with van der Waals surface area (Å²) in [7, 11) is 0. The van der Waals surface area contributed by atoms with E-state index in [0.29, 0.717) is 17.7 Å². The first kappa shape index (κ1) is 19.1. The van der Waals surface area contributed by atoms with Gasteiger partial charge in [-0.3, -0.25) is 9.59 Å². The van der Waals surface area contributed by atoms with Crippen molar-refractivity contribution in [3.63, 3.8) is 0 Å². The Morgan fingerprint density at radius 3 is 2.79 bits per heavy atom. The van der Waals surface area contributed by atoms with Crippen LogP contribution in [0.2, 0.25) is 0 Å². The standard InChI is InChI=1S/C17H23N3O2S.ClH/c21-16(12-14-5-2-6-18-14)19-15-4-1-3-13(11-15)17(22)20-7-9-23-10-8-20;/h1,3-4,11,14,18H,2,5-10,12H2,(H,19,21);1H. The first-order valence-electron chi connectivity index (χ1n) is 8.23. The second kappa shape index (κ2) is 9.30. The molecule has 5 nitrogen and oxygen atoms in total. The van der Waals surface area contributed by atoms with Gasteiger partial charge in [-0.05, 0) is 37.6 Å². The summed E-state index contributed by atoms with van der Waals surface area (Å²) in [6.07, 6.45) is 2.68. The highest BCUT2D eigenvalue weighted by Gasteiger charge is 2.20. The molecule has 0 bridgehead atoms. The molecule has 7 heteroatoms. The Labute approximate surface area is 153 Å². The van der Waals surface area contributed by atoms with Crippen LogP contribution in [0.5, 0.6) is 0 Å². The molecule has 2 fully saturated rings. The predicted octanol–water partition coefficient (Wildman–Crippen LogP) is 2.38. The highest BCUT2D eigenvalue weighted by molar-refractivity contribution is 7.99.